The Morgan fingerprint density at radius 3 is 2.17 bits per heavy atom. The number of carbonyl (C=O) groups is 2. The minimum atomic E-state index is -4.17. The minimum absolute atomic E-state index is 0.0397. The molecule has 9 heteroatoms. The fourth-order valence-electron chi connectivity index (χ4n) is 6.00. The molecule has 4 aromatic carbocycles. The van der Waals surface area contributed by atoms with Gasteiger partial charge in [-0.25, -0.2) is 8.42 Å². The fourth-order valence-corrected chi connectivity index (χ4v) is 7.62. The molecule has 47 heavy (non-hydrogen) atoms. The van der Waals surface area contributed by atoms with Gasteiger partial charge in [-0.2, -0.15) is 0 Å². The van der Waals surface area contributed by atoms with Gasteiger partial charge in [0.2, 0.25) is 11.8 Å². The molecule has 4 aromatic rings. The molecule has 1 aliphatic rings. The van der Waals surface area contributed by atoms with Gasteiger partial charge >= 0.3 is 0 Å². The molecular formula is C38H42ClN3O4S. The maximum absolute atomic E-state index is 14.7. The first-order chi connectivity index (χ1) is 22.5. The third kappa shape index (κ3) is 8.62. The number of halogens is 1. The molecule has 0 saturated heterocycles. The van der Waals surface area contributed by atoms with Crippen LogP contribution in [0.5, 0.6) is 0 Å². The molecule has 0 spiro atoms. The Hall–Kier alpha value is -4.14. The molecule has 0 heterocycles. The zero-order valence-electron chi connectivity index (χ0n) is 27.2. The second-order valence-corrected chi connectivity index (χ2v) is 14.7. The Balaban J connectivity index is 1.58. The summed E-state index contributed by atoms with van der Waals surface area (Å²) >= 11 is 6.35. The van der Waals surface area contributed by atoms with Crippen LogP contribution in [0.25, 0.3) is 0 Å². The van der Waals surface area contributed by atoms with Crippen LogP contribution >= 0.6 is 11.6 Å². The lowest BCUT2D eigenvalue weighted by Crippen LogP contribution is -2.54. The highest BCUT2D eigenvalue weighted by molar-refractivity contribution is 7.92. The molecule has 0 unspecified atom stereocenters. The van der Waals surface area contributed by atoms with Crippen molar-refractivity contribution in [2.45, 2.75) is 76.4 Å². The Kier molecular flexibility index (Phi) is 11.0. The van der Waals surface area contributed by atoms with Crippen molar-refractivity contribution in [1.82, 2.24) is 10.2 Å². The first-order valence-corrected chi connectivity index (χ1v) is 17.9. The predicted octanol–water partition coefficient (Wildman–Crippen LogP) is 7.16. The Morgan fingerprint density at radius 2 is 1.51 bits per heavy atom. The number of benzene rings is 4. The van der Waals surface area contributed by atoms with Gasteiger partial charge in [0.15, 0.2) is 0 Å². The Bertz CT molecular complexity index is 1810. The molecule has 1 N–H and O–H groups in total. The second kappa shape index (κ2) is 15.2. The average Bonchev–Trinajstić information content (AvgIpc) is 3.56. The zero-order valence-corrected chi connectivity index (χ0v) is 28.7. The van der Waals surface area contributed by atoms with E-state index in [0.29, 0.717) is 10.7 Å². The number of aryl methyl sites for hydroxylation is 3. The van der Waals surface area contributed by atoms with Gasteiger partial charge in [-0.3, -0.25) is 13.9 Å². The van der Waals surface area contributed by atoms with Crippen LogP contribution in [0.15, 0.2) is 102 Å². The number of amides is 2. The van der Waals surface area contributed by atoms with Gasteiger partial charge in [0.1, 0.15) is 12.6 Å². The van der Waals surface area contributed by atoms with Crippen molar-refractivity contribution in [2.75, 3.05) is 10.8 Å². The lowest BCUT2D eigenvalue weighted by Gasteiger charge is -2.34. The van der Waals surface area contributed by atoms with Crippen LogP contribution in [-0.4, -0.2) is 43.8 Å². The Labute approximate surface area is 283 Å². The third-order valence-electron chi connectivity index (χ3n) is 8.88. The summed E-state index contributed by atoms with van der Waals surface area (Å²) in [7, 11) is -4.17. The molecule has 7 nitrogen and oxygen atoms in total. The molecule has 246 valence electrons. The molecule has 1 saturated carbocycles. The lowest BCUT2D eigenvalue weighted by atomic mass is 10.0. The topological polar surface area (TPSA) is 86.8 Å². The van der Waals surface area contributed by atoms with E-state index in [4.69, 9.17) is 11.6 Å². The van der Waals surface area contributed by atoms with E-state index >= 15 is 0 Å². The highest BCUT2D eigenvalue weighted by atomic mass is 35.5. The summed E-state index contributed by atoms with van der Waals surface area (Å²) in [4.78, 5) is 30.4. The standard InChI is InChI=1S/C38H42ClN3O4S/c1-27-16-20-35(21-17-27)47(45,46)42(34-19-18-28(2)29(3)22-34)26-37(43)41(25-31-12-9-13-32(39)23-31)36(24-30-10-5-4-6-11-30)38(44)40-33-14-7-8-15-33/h4-6,9-13,16-23,33,36H,7-8,14-15,24-26H2,1-3H3,(H,40,44)/t36-/m0/s1. The monoisotopic (exact) mass is 671 g/mol. The van der Waals surface area contributed by atoms with Gasteiger partial charge in [-0.15, -0.1) is 0 Å². The summed E-state index contributed by atoms with van der Waals surface area (Å²) in [5.41, 5.74) is 4.81. The molecule has 1 fully saturated rings. The van der Waals surface area contributed by atoms with E-state index < -0.39 is 28.5 Å². The maximum atomic E-state index is 14.7. The molecule has 0 aliphatic heterocycles. The largest absolute Gasteiger partial charge is 0.352 e. The van der Waals surface area contributed by atoms with Crippen LogP contribution in [0.2, 0.25) is 5.02 Å². The molecule has 0 bridgehead atoms. The van der Waals surface area contributed by atoms with E-state index in [1.54, 1.807) is 54.6 Å². The number of nitrogens with zero attached hydrogens (tertiary/aromatic N) is 2. The highest BCUT2D eigenvalue weighted by Gasteiger charge is 2.35. The van der Waals surface area contributed by atoms with Crippen LogP contribution < -0.4 is 9.62 Å². The number of anilines is 1. The first kappa shape index (κ1) is 34.2. The van der Waals surface area contributed by atoms with Crippen LogP contribution in [0.3, 0.4) is 0 Å². The summed E-state index contributed by atoms with van der Waals surface area (Å²) < 4.78 is 29.7. The van der Waals surface area contributed by atoms with Crippen LogP contribution in [0, 0.1) is 20.8 Å². The van der Waals surface area contributed by atoms with Gasteiger partial charge in [0, 0.05) is 24.0 Å². The molecule has 1 atom stereocenters. The van der Waals surface area contributed by atoms with Gasteiger partial charge in [-0.05, 0) is 92.3 Å². The second-order valence-electron chi connectivity index (χ2n) is 12.4. The number of carbonyl (C=O) groups excluding carboxylic acids is 2. The van der Waals surface area contributed by atoms with Crippen molar-refractivity contribution in [2.24, 2.45) is 0 Å². The fraction of sp³-hybridized carbons (Fsp3) is 0.316. The van der Waals surface area contributed by atoms with Gasteiger partial charge < -0.3 is 10.2 Å². The quantitative estimate of drug-likeness (QED) is 0.173. The summed E-state index contributed by atoms with van der Waals surface area (Å²) in [5.74, 6) is -0.753. The average molecular weight is 672 g/mol. The predicted molar refractivity (Wildman–Crippen MR) is 188 cm³/mol. The first-order valence-electron chi connectivity index (χ1n) is 16.1. The summed E-state index contributed by atoms with van der Waals surface area (Å²) in [6.07, 6.45) is 4.13. The number of hydrogen-bond donors (Lipinski definition) is 1. The number of nitrogens with one attached hydrogen (secondary N) is 1. The van der Waals surface area contributed by atoms with Crippen molar-refractivity contribution >= 4 is 39.1 Å². The SMILES string of the molecule is Cc1ccc(S(=O)(=O)N(CC(=O)N(Cc2cccc(Cl)c2)[C@@H](Cc2ccccc2)C(=O)NC2CCCC2)c2ccc(C)c(C)c2)cc1. The van der Waals surface area contributed by atoms with Gasteiger partial charge in [0.25, 0.3) is 10.0 Å². The number of hydrogen-bond acceptors (Lipinski definition) is 4. The Morgan fingerprint density at radius 1 is 0.830 bits per heavy atom. The van der Waals surface area contributed by atoms with Crippen LogP contribution in [0.1, 0.15) is 53.5 Å². The van der Waals surface area contributed by atoms with Crippen molar-refractivity contribution in [3.05, 3.63) is 130 Å². The number of rotatable bonds is 12. The van der Waals surface area contributed by atoms with Crippen molar-refractivity contribution in [1.29, 1.82) is 0 Å². The van der Waals surface area contributed by atoms with Crippen LogP contribution in [0.4, 0.5) is 5.69 Å². The van der Waals surface area contributed by atoms with Crippen molar-refractivity contribution < 1.29 is 18.0 Å². The van der Waals surface area contributed by atoms with Gasteiger partial charge in [-0.1, -0.05) is 90.7 Å². The maximum Gasteiger partial charge on any atom is 0.264 e. The van der Waals surface area contributed by atoms with E-state index in [0.717, 1.165) is 57.8 Å². The van der Waals surface area contributed by atoms with E-state index in [1.165, 1.54) is 4.90 Å². The van der Waals surface area contributed by atoms with Crippen molar-refractivity contribution in [3.63, 3.8) is 0 Å². The minimum Gasteiger partial charge on any atom is -0.352 e. The van der Waals surface area contributed by atoms with Crippen LogP contribution in [-0.2, 0) is 32.6 Å². The van der Waals surface area contributed by atoms with Gasteiger partial charge in [0.05, 0.1) is 10.6 Å². The third-order valence-corrected chi connectivity index (χ3v) is 10.9. The van der Waals surface area contributed by atoms with E-state index in [1.807, 2.05) is 63.2 Å². The van der Waals surface area contributed by atoms with E-state index in [2.05, 4.69) is 5.32 Å². The normalized spacial score (nSPS) is 14.0. The molecular weight excluding hydrogens is 630 g/mol. The summed E-state index contributed by atoms with van der Waals surface area (Å²) in [5, 5.41) is 3.70. The zero-order chi connectivity index (χ0) is 33.6. The van der Waals surface area contributed by atoms with Crippen molar-refractivity contribution in [3.8, 4) is 0 Å². The van der Waals surface area contributed by atoms with E-state index in [9.17, 15) is 18.0 Å². The molecule has 0 radical (unpaired) electrons. The smallest absolute Gasteiger partial charge is 0.264 e. The number of sulfonamides is 1. The summed E-state index contributed by atoms with van der Waals surface area (Å²) in [6.45, 7) is 5.32. The van der Waals surface area contributed by atoms with E-state index in [-0.39, 0.29) is 29.8 Å². The summed E-state index contributed by atoms with van der Waals surface area (Å²) in [6, 6.07) is 27.8. The highest BCUT2D eigenvalue weighted by Crippen LogP contribution is 2.28. The molecule has 5 rings (SSSR count). The lowest BCUT2D eigenvalue weighted by molar-refractivity contribution is -0.140. The molecule has 2 amide bonds. The molecule has 1 aliphatic carbocycles. The molecule has 0 aromatic heterocycles.